The Balaban J connectivity index is 1.49. The van der Waals surface area contributed by atoms with Gasteiger partial charge in [0.15, 0.2) is 5.65 Å². The van der Waals surface area contributed by atoms with E-state index in [1.807, 2.05) is 59.3 Å². The lowest BCUT2D eigenvalue weighted by atomic mass is 10.1. The predicted octanol–water partition coefficient (Wildman–Crippen LogP) is 3.99. The molecule has 1 aliphatic heterocycles. The summed E-state index contributed by atoms with van der Waals surface area (Å²) < 4.78 is 7.70. The molecule has 0 aliphatic carbocycles. The number of rotatable bonds is 5. The van der Waals surface area contributed by atoms with Gasteiger partial charge in [-0.15, -0.1) is 0 Å². The van der Waals surface area contributed by atoms with Crippen LogP contribution in [0.15, 0.2) is 60.9 Å². The molecule has 2 aromatic heterocycles. The van der Waals surface area contributed by atoms with Crippen LogP contribution in [0.4, 0.5) is 5.82 Å². The molecule has 0 unspecified atom stereocenters. The number of ether oxygens (including phenoxy) is 1. The van der Waals surface area contributed by atoms with Gasteiger partial charge in [0.2, 0.25) is 0 Å². The molecule has 0 saturated carbocycles. The average Bonchev–Trinajstić information content (AvgIpc) is 3.34. The number of para-hydroxylation sites is 1. The number of nitrogen functional groups attached to an aromatic ring is 1. The molecule has 4 aromatic rings. The smallest absolute Gasteiger partial charge is 0.164 e. The third-order valence-electron chi connectivity index (χ3n) is 4.88. The first-order valence-corrected chi connectivity index (χ1v) is 11.8. The highest BCUT2D eigenvalue weighted by Crippen LogP contribution is 2.39. The number of hydrogen-bond acceptors (Lipinski definition) is 8. The second-order valence-electron chi connectivity index (χ2n) is 6.91. The molecule has 3 N–H and O–H groups in total. The predicted molar refractivity (Wildman–Crippen MR) is 122 cm³/mol. The standard InChI is InChI=1S/C21H19N5O2S2/c22-20-18-19(13-6-8-15(9-7-13)28-14-4-2-1-3-5-14)25-26(21(18)24-12-23-20)10-17-16(27)11-29-30-17/h1-9,12,16-17,27H,10-11H2,(H2,22,23,24)/t16-,17+/m1/s1. The summed E-state index contributed by atoms with van der Waals surface area (Å²) in [6, 6.07) is 17.3. The quantitative estimate of drug-likeness (QED) is 0.452. The molecule has 1 saturated heterocycles. The summed E-state index contributed by atoms with van der Waals surface area (Å²) >= 11 is 0. The molecule has 3 heterocycles. The van der Waals surface area contributed by atoms with Crippen LogP contribution < -0.4 is 10.5 Å². The maximum atomic E-state index is 10.2. The van der Waals surface area contributed by atoms with E-state index in [2.05, 4.69) is 9.97 Å². The summed E-state index contributed by atoms with van der Waals surface area (Å²) in [5.74, 6) is 2.63. The molecule has 152 valence electrons. The van der Waals surface area contributed by atoms with Gasteiger partial charge in [-0.1, -0.05) is 39.8 Å². The van der Waals surface area contributed by atoms with Gasteiger partial charge in [0.05, 0.1) is 23.3 Å². The van der Waals surface area contributed by atoms with Crippen molar-refractivity contribution in [3.8, 4) is 22.8 Å². The number of hydrogen-bond donors (Lipinski definition) is 2. The minimum Gasteiger partial charge on any atom is -0.457 e. The SMILES string of the molecule is Nc1ncnc2c1c(-c1ccc(Oc3ccccc3)cc1)nn2C[C@@H]1SSC[C@H]1O. The highest BCUT2D eigenvalue weighted by Gasteiger charge is 2.29. The summed E-state index contributed by atoms with van der Waals surface area (Å²) in [5.41, 5.74) is 8.48. The second kappa shape index (κ2) is 8.17. The Morgan fingerprint density at radius 3 is 2.57 bits per heavy atom. The number of aliphatic hydroxyl groups excluding tert-OH is 1. The topological polar surface area (TPSA) is 99.1 Å². The van der Waals surface area contributed by atoms with E-state index in [9.17, 15) is 5.11 Å². The van der Waals surface area contributed by atoms with Crippen molar-refractivity contribution < 1.29 is 9.84 Å². The minimum atomic E-state index is -0.365. The van der Waals surface area contributed by atoms with Gasteiger partial charge in [-0.05, 0) is 36.4 Å². The van der Waals surface area contributed by atoms with Gasteiger partial charge in [0.25, 0.3) is 0 Å². The van der Waals surface area contributed by atoms with Crippen molar-refractivity contribution >= 4 is 38.4 Å². The Bertz CT molecular complexity index is 1170. The molecule has 9 heteroatoms. The molecule has 0 amide bonds. The fourth-order valence-corrected chi connectivity index (χ4v) is 6.27. The molecule has 2 atom stereocenters. The second-order valence-corrected chi connectivity index (χ2v) is 9.57. The van der Waals surface area contributed by atoms with E-state index in [1.54, 1.807) is 21.6 Å². The summed E-state index contributed by atoms with van der Waals surface area (Å²) in [5, 5.41) is 15.8. The number of fused-ring (bicyclic) bond motifs is 1. The van der Waals surface area contributed by atoms with Crippen LogP contribution in [0.25, 0.3) is 22.3 Å². The lowest BCUT2D eigenvalue weighted by Gasteiger charge is -2.12. The Labute approximate surface area is 181 Å². The summed E-state index contributed by atoms with van der Waals surface area (Å²) in [4.78, 5) is 8.57. The number of aliphatic hydroxyl groups is 1. The maximum absolute atomic E-state index is 10.2. The molecular formula is C21H19N5O2S2. The lowest BCUT2D eigenvalue weighted by molar-refractivity contribution is 0.191. The van der Waals surface area contributed by atoms with Gasteiger partial charge in [0.1, 0.15) is 29.3 Å². The largest absolute Gasteiger partial charge is 0.457 e. The highest BCUT2D eigenvalue weighted by atomic mass is 33.1. The summed E-state index contributed by atoms with van der Waals surface area (Å²) in [6.07, 6.45) is 1.08. The minimum absolute atomic E-state index is 0.0591. The zero-order valence-corrected chi connectivity index (χ0v) is 17.5. The first-order valence-electron chi connectivity index (χ1n) is 9.46. The Kier molecular flexibility index (Phi) is 5.24. The van der Waals surface area contributed by atoms with Crippen molar-refractivity contribution in [3.63, 3.8) is 0 Å². The summed E-state index contributed by atoms with van der Waals surface area (Å²) in [6.45, 7) is 0.557. The molecule has 1 aliphatic rings. The number of anilines is 1. The van der Waals surface area contributed by atoms with E-state index in [0.29, 0.717) is 18.0 Å². The zero-order valence-electron chi connectivity index (χ0n) is 15.9. The van der Waals surface area contributed by atoms with Crippen molar-refractivity contribution in [2.24, 2.45) is 0 Å². The van der Waals surface area contributed by atoms with Gasteiger partial charge in [-0.25, -0.2) is 14.6 Å². The van der Waals surface area contributed by atoms with Gasteiger partial charge in [-0.3, -0.25) is 0 Å². The average molecular weight is 438 g/mol. The molecule has 0 bridgehead atoms. The lowest BCUT2D eigenvalue weighted by Crippen LogP contribution is -2.25. The Hall–Kier alpha value is -2.75. The van der Waals surface area contributed by atoms with Crippen LogP contribution in [0.3, 0.4) is 0 Å². The van der Waals surface area contributed by atoms with E-state index < -0.39 is 0 Å². The van der Waals surface area contributed by atoms with E-state index in [1.165, 1.54) is 6.33 Å². The Morgan fingerprint density at radius 1 is 1.07 bits per heavy atom. The molecular weight excluding hydrogens is 418 g/mol. The normalized spacial score (nSPS) is 18.7. The molecule has 2 aromatic carbocycles. The van der Waals surface area contributed by atoms with Crippen LogP contribution in [-0.2, 0) is 6.54 Å². The third kappa shape index (κ3) is 3.71. The van der Waals surface area contributed by atoms with Crippen molar-refractivity contribution in [3.05, 3.63) is 60.9 Å². The van der Waals surface area contributed by atoms with Crippen LogP contribution in [0.1, 0.15) is 0 Å². The van der Waals surface area contributed by atoms with Gasteiger partial charge in [0, 0.05) is 11.3 Å². The monoisotopic (exact) mass is 437 g/mol. The molecule has 30 heavy (non-hydrogen) atoms. The van der Waals surface area contributed by atoms with Gasteiger partial charge >= 0.3 is 0 Å². The number of nitrogens with two attached hydrogens (primary N) is 1. The highest BCUT2D eigenvalue weighted by molar-refractivity contribution is 8.77. The van der Waals surface area contributed by atoms with Gasteiger partial charge in [-0.2, -0.15) is 5.10 Å². The van der Waals surface area contributed by atoms with Crippen LogP contribution in [-0.4, -0.2) is 42.0 Å². The number of nitrogens with zero attached hydrogens (tertiary/aromatic N) is 4. The van der Waals surface area contributed by atoms with Crippen LogP contribution in [0.5, 0.6) is 11.5 Å². The van der Waals surface area contributed by atoms with Crippen molar-refractivity contribution in [1.29, 1.82) is 0 Å². The molecule has 0 spiro atoms. The van der Waals surface area contributed by atoms with Crippen LogP contribution in [0.2, 0.25) is 0 Å². The van der Waals surface area contributed by atoms with Crippen LogP contribution in [0, 0.1) is 0 Å². The fraction of sp³-hybridized carbons (Fsp3) is 0.190. The van der Waals surface area contributed by atoms with E-state index in [4.69, 9.17) is 15.6 Å². The van der Waals surface area contributed by atoms with Crippen LogP contribution >= 0.6 is 21.6 Å². The zero-order chi connectivity index (χ0) is 20.5. The van der Waals surface area contributed by atoms with E-state index >= 15 is 0 Å². The fourth-order valence-electron chi connectivity index (χ4n) is 3.36. The molecule has 1 fully saturated rings. The Morgan fingerprint density at radius 2 is 1.83 bits per heavy atom. The number of aromatic nitrogens is 4. The third-order valence-corrected chi connectivity index (χ3v) is 7.76. The molecule has 7 nitrogen and oxygen atoms in total. The number of benzene rings is 2. The van der Waals surface area contributed by atoms with Crippen molar-refractivity contribution in [2.75, 3.05) is 11.5 Å². The summed E-state index contributed by atoms with van der Waals surface area (Å²) in [7, 11) is 3.36. The van der Waals surface area contributed by atoms with E-state index in [-0.39, 0.29) is 11.4 Å². The first kappa shape index (κ1) is 19.2. The first-order chi connectivity index (χ1) is 14.7. The molecule has 5 rings (SSSR count). The van der Waals surface area contributed by atoms with Crippen molar-refractivity contribution in [1.82, 2.24) is 19.7 Å². The van der Waals surface area contributed by atoms with Gasteiger partial charge < -0.3 is 15.6 Å². The molecule has 0 radical (unpaired) electrons. The van der Waals surface area contributed by atoms with E-state index in [0.717, 1.165) is 33.9 Å². The van der Waals surface area contributed by atoms with Crippen molar-refractivity contribution in [2.45, 2.75) is 17.9 Å². The maximum Gasteiger partial charge on any atom is 0.164 e.